The molecule has 1 aliphatic rings. The molecule has 1 aromatic heterocycles. The number of nitrogen functional groups attached to an aromatic ring is 1. The number of nitrogens with two attached hydrogens (primary N) is 1. The maximum atomic E-state index is 5.57. The summed E-state index contributed by atoms with van der Waals surface area (Å²) >= 11 is 3.51. The second-order valence-electron chi connectivity index (χ2n) is 3.66. The van der Waals surface area contributed by atoms with Gasteiger partial charge in [-0.05, 0) is 24.3 Å². The Balaban J connectivity index is 2.11. The molecule has 2 heterocycles. The Hall–Kier alpha value is -1.75. The van der Waals surface area contributed by atoms with Crippen LogP contribution in [0.1, 0.15) is 0 Å². The molecule has 1 aliphatic heterocycles. The number of hydrogen-bond acceptors (Lipinski definition) is 4. The van der Waals surface area contributed by atoms with Crippen molar-refractivity contribution in [2.75, 3.05) is 12.5 Å². The lowest BCUT2D eigenvalue weighted by atomic mass is 10.1. The quantitative estimate of drug-likeness (QED) is 0.878. The monoisotopic (exact) mass is 292 g/mol. The van der Waals surface area contributed by atoms with Crippen molar-refractivity contribution in [1.29, 1.82) is 0 Å². The van der Waals surface area contributed by atoms with Crippen LogP contribution >= 0.6 is 15.9 Å². The van der Waals surface area contributed by atoms with E-state index in [4.69, 9.17) is 15.2 Å². The number of pyridine rings is 1. The van der Waals surface area contributed by atoms with Crippen molar-refractivity contribution in [1.82, 2.24) is 4.98 Å². The molecule has 0 fully saturated rings. The fourth-order valence-electron chi connectivity index (χ4n) is 1.70. The lowest BCUT2D eigenvalue weighted by Crippen LogP contribution is -1.92. The van der Waals surface area contributed by atoms with Crippen LogP contribution in [0.2, 0.25) is 0 Å². The van der Waals surface area contributed by atoms with Crippen molar-refractivity contribution in [3.05, 3.63) is 34.9 Å². The molecule has 0 amide bonds. The molecule has 0 aliphatic carbocycles. The summed E-state index contributed by atoms with van der Waals surface area (Å²) in [5.74, 6) is 2.01. The molecule has 86 valence electrons. The Labute approximate surface area is 107 Å². The van der Waals surface area contributed by atoms with Gasteiger partial charge in [-0.25, -0.2) is 4.98 Å². The Morgan fingerprint density at radius 1 is 1.18 bits per heavy atom. The lowest BCUT2D eigenvalue weighted by Gasteiger charge is -2.06. The molecule has 3 rings (SSSR count). The van der Waals surface area contributed by atoms with Crippen LogP contribution in [0.3, 0.4) is 0 Å². The molecule has 0 spiro atoms. The summed E-state index contributed by atoms with van der Waals surface area (Å²) in [6.45, 7) is 0.269. The van der Waals surface area contributed by atoms with E-state index in [1.165, 1.54) is 0 Å². The van der Waals surface area contributed by atoms with Gasteiger partial charge < -0.3 is 15.2 Å². The largest absolute Gasteiger partial charge is 0.454 e. The van der Waals surface area contributed by atoms with Gasteiger partial charge in [0.15, 0.2) is 11.5 Å². The van der Waals surface area contributed by atoms with Crippen LogP contribution in [0, 0.1) is 0 Å². The molecule has 0 bridgehead atoms. The first-order valence-corrected chi connectivity index (χ1v) is 5.84. The SMILES string of the molecule is Nc1ccc(-c2cc3c(cc2Br)OCO3)cn1. The van der Waals surface area contributed by atoms with Gasteiger partial charge in [-0.2, -0.15) is 0 Å². The highest BCUT2D eigenvalue weighted by molar-refractivity contribution is 9.10. The highest BCUT2D eigenvalue weighted by atomic mass is 79.9. The van der Waals surface area contributed by atoms with Crippen LogP contribution in [-0.2, 0) is 0 Å². The topological polar surface area (TPSA) is 57.4 Å². The van der Waals surface area contributed by atoms with Crippen molar-refractivity contribution in [2.24, 2.45) is 0 Å². The molecular formula is C12H9BrN2O2. The molecule has 0 atom stereocenters. The van der Waals surface area contributed by atoms with Gasteiger partial charge in [0.2, 0.25) is 6.79 Å². The van der Waals surface area contributed by atoms with Gasteiger partial charge in [0.05, 0.1) is 0 Å². The second-order valence-corrected chi connectivity index (χ2v) is 4.51. The van der Waals surface area contributed by atoms with Crippen LogP contribution in [0.15, 0.2) is 34.9 Å². The standard InChI is InChI=1S/C12H9BrN2O2/c13-9-4-11-10(16-6-17-11)3-8(9)7-1-2-12(14)15-5-7/h1-5H,6H2,(H2,14,15). The molecule has 17 heavy (non-hydrogen) atoms. The number of rotatable bonds is 1. The molecule has 1 aromatic carbocycles. The summed E-state index contributed by atoms with van der Waals surface area (Å²) < 4.78 is 11.6. The Kier molecular flexibility index (Phi) is 2.40. The number of nitrogens with zero attached hydrogens (tertiary/aromatic N) is 1. The maximum Gasteiger partial charge on any atom is 0.231 e. The highest BCUT2D eigenvalue weighted by Gasteiger charge is 2.17. The maximum absolute atomic E-state index is 5.57. The third-order valence-electron chi connectivity index (χ3n) is 2.56. The van der Waals surface area contributed by atoms with E-state index in [9.17, 15) is 0 Å². The van der Waals surface area contributed by atoms with E-state index in [-0.39, 0.29) is 6.79 Å². The zero-order valence-electron chi connectivity index (χ0n) is 8.81. The van der Waals surface area contributed by atoms with E-state index in [0.29, 0.717) is 5.82 Å². The summed E-state index contributed by atoms with van der Waals surface area (Å²) in [7, 11) is 0. The number of ether oxygens (including phenoxy) is 2. The predicted molar refractivity (Wildman–Crippen MR) is 67.9 cm³/mol. The zero-order chi connectivity index (χ0) is 11.8. The average molecular weight is 293 g/mol. The number of hydrogen-bond donors (Lipinski definition) is 1. The predicted octanol–water partition coefficient (Wildman–Crippen LogP) is 2.82. The fraction of sp³-hybridized carbons (Fsp3) is 0.0833. The molecule has 5 heteroatoms. The van der Waals surface area contributed by atoms with Crippen molar-refractivity contribution < 1.29 is 9.47 Å². The summed E-state index contributed by atoms with van der Waals surface area (Å²) in [4.78, 5) is 4.08. The third-order valence-corrected chi connectivity index (χ3v) is 3.22. The van der Waals surface area contributed by atoms with E-state index >= 15 is 0 Å². The minimum Gasteiger partial charge on any atom is -0.454 e. The molecule has 0 unspecified atom stereocenters. The highest BCUT2D eigenvalue weighted by Crippen LogP contribution is 2.40. The summed E-state index contributed by atoms with van der Waals surface area (Å²) in [5.41, 5.74) is 7.54. The second kappa shape index (κ2) is 3.92. The van der Waals surface area contributed by atoms with E-state index in [1.54, 1.807) is 12.3 Å². The van der Waals surface area contributed by atoms with Crippen LogP contribution in [0.4, 0.5) is 5.82 Å². The van der Waals surface area contributed by atoms with Gasteiger partial charge in [0.25, 0.3) is 0 Å². The van der Waals surface area contributed by atoms with Gasteiger partial charge in [0, 0.05) is 21.8 Å². The van der Waals surface area contributed by atoms with E-state index in [0.717, 1.165) is 27.1 Å². The molecule has 2 aromatic rings. The average Bonchev–Trinajstić information content (AvgIpc) is 2.76. The molecule has 2 N–H and O–H groups in total. The first kappa shape index (κ1) is 10.4. The molecule has 4 nitrogen and oxygen atoms in total. The minimum absolute atomic E-state index is 0.269. The first-order chi connectivity index (χ1) is 8.24. The minimum atomic E-state index is 0.269. The van der Waals surface area contributed by atoms with Gasteiger partial charge in [-0.3, -0.25) is 0 Å². The van der Waals surface area contributed by atoms with Gasteiger partial charge in [-0.1, -0.05) is 15.9 Å². The molecule has 0 saturated heterocycles. The molecule has 0 saturated carbocycles. The van der Waals surface area contributed by atoms with Crippen LogP contribution < -0.4 is 15.2 Å². The fourth-order valence-corrected chi connectivity index (χ4v) is 2.25. The Morgan fingerprint density at radius 2 is 1.94 bits per heavy atom. The number of benzene rings is 1. The van der Waals surface area contributed by atoms with Crippen LogP contribution in [0.25, 0.3) is 11.1 Å². The van der Waals surface area contributed by atoms with Crippen molar-refractivity contribution in [3.8, 4) is 22.6 Å². The van der Waals surface area contributed by atoms with E-state index in [1.807, 2.05) is 18.2 Å². The van der Waals surface area contributed by atoms with E-state index in [2.05, 4.69) is 20.9 Å². The summed E-state index contributed by atoms with van der Waals surface area (Å²) in [6.07, 6.45) is 1.73. The smallest absolute Gasteiger partial charge is 0.231 e. The molecule has 0 radical (unpaired) electrons. The number of halogens is 1. The van der Waals surface area contributed by atoms with Gasteiger partial charge in [0.1, 0.15) is 5.82 Å². The molecular weight excluding hydrogens is 284 g/mol. The first-order valence-electron chi connectivity index (χ1n) is 5.05. The number of fused-ring (bicyclic) bond motifs is 1. The van der Waals surface area contributed by atoms with Crippen molar-refractivity contribution >= 4 is 21.7 Å². The van der Waals surface area contributed by atoms with Gasteiger partial charge in [-0.15, -0.1) is 0 Å². The normalized spacial score (nSPS) is 12.8. The Bertz CT molecular complexity index is 569. The van der Waals surface area contributed by atoms with Crippen LogP contribution in [0.5, 0.6) is 11.5 Å². The van der Waals surface area contributed by atoms with Crippen molar-refractivity contribution in [2.45, 2.75) is 0 Å². The van der Waals surface area contributed by atoms with Crippen molar-refractivity contribution in [3.63, 3.8) is 0 Å². The number of aromatic nitrogens is 1. The Morgan fingerprint density at radius 3 is 2.65 bits per heavy atom. The summed E-state index contributed by atoms with van der Waals surface area (Å²) in [6, 6.07) is 7.52. The summed E-state index contributed by atoms with van der Waals surface area (Å²) in [5, 5.41) is 0. The van der Waals surface area contributed by atoms with Gasteiger partial charge >= 0.3 is 0 Å². The lowest BCUT2D eigenvalue weighted by molar-refractivity contribution is 0.174. The third kappa shape index (κ3) is 1.82. The zero-order valence-corrected chi connectivity index (χ0v) is 10.4. The van der Waals surface area contributed by atoms with Crippen LogP contribution in [-0.4, -0.2) is 11.8 Å². The number of anilines is 1. The van der Waals surface area contributed by atoms with E-state index < -0.39 is 0 Å².